The van der Waals surface area contributed by atoms with Crippen molar-refractivity contribution >= 4 is 0 Å². The summed E-state index contributed by atoms with van der Waals surface area (Å²) in [4.78, 5) is 4.39. The molecule has 0 aliphatic heterocycles. The van der Waals surface area contributed by atoms with Crippen LogP contribution in [0.25, 0.3) is 0 Å². The average Bonchev–Trinajstić information content (AvgIpc) is 2.04. The van der Waals surface area contributed by atoms with Gasteiger partial charge in [0.25, 0.3) is 0 Å². The lowest BCUT2D eigenvalue weighted by Gasteiger charge is -2.19. The molecule has 0 amide bonds. The van der Waals surface area contributed by atoms with Crippen molar-refractivity contribution in [2.24, 2.45) is 0 Å². The van der Waals surface area contributed by atoms with Crippen LogP contribution in [-0.4, -0.2) is 50.1 Å². The molecular weight excluding hydrogens is 162 g/mol. The van der Waals surface area contributed by atoms with Crippen LogP contribution in [0.15, 0.2) is 0 Å². The van der Waals surface area contributed by atoms with E-state index < -0.39 is 0 Å². The first-order chi connectivity index (χ1) is 6.20. The standard InChI is InChI=1S/C10H21N3/c1-4-7-13(10-6-11)9-5-8-12(2)3/h4-5,7-10H2,1-3H3. The van der Waals surface area contributed by atoms with Gasteiger partial charge in [-0.2, -0.15) is 5.26 Å². The lowest BCUT2D eigenvalue weighted by atomic mass is 10.3. The first-order valence-corrected chi connectivity index (χ1v) is 4.94. The minimum absolute atomic E-state index is 0.571. The molecule has 0 rings (SSSR count). The molecule has 0 aliphatic rings. The van der Waals surface area contributed by atoms with E-state index in [1.54, 1.807) is 0 Å². The van der Waals surface area contributed by atoms with Gasteiger partial charge < -0.3 is 4.90 Å². The summed E-state index contributed by atoms with van der Waals surface area (Å²) >= 11 is 0. The summed E-state index contributed by atoms with van der Waals surface area (Å²) in [5, 5.41) is 8.57. The molecule has 76 valence electrons. The van der Waals surface area contributed by atoms with Crippen LogP contribution in [0.1, 0.15) is 19.8 Å². The largest absolute Gasteiger partial charge is 0.309 e. The summed E-state index contributed by atoms with van der Waals surface area (Å²) in [5.74, 6) is 0. The van der Waals surface area contributed by atoms with Gasteiger partial charge >= 0.3 is 0 Å². The van der Waals surface area contributed by atoms with E-state index in [-0.39, 0.29) is 0 Å². The fourth-order valence-corrected chi connectivity index (χ4v) is 1.30. The molecule has 0 aromatic carbocycles. The topological polar surface area (TPSA) is 30.3 Å². The maximum absolute atomic E-state index is 8.57. The highest BCUT2D eigenvalue weighted by Crippen LogP contribution is 1.94. The lowest BCUT2D eigenvalue weighted by molar-refractivity contribution is 0.280. The summed E-state index contributed by atoms with van der Waals surface area (Å²) in [5.41, 5.74) is 0. The molecule has 0 aromatic heterocycles. The van der Waals surface area contributed by atoms with Crippen molar-refractivity contribution in [2.45, 2.75) is 19.8 Å². The third-order valence-corrected chi connectivity index (χ3v) is 1.91. The number of rotatable bonds is 7. The Hall–Kier alpha value is -0.590. The molecule has 0 saturated heterocycles. The van der Waals surface area contributed by atoms with E-state index in [2.05, 4.69) is 36.9 Å². The Morgan fingerprint density at radius 3 is 2.31 bits per heavy atom. The maximum Gasteiger partial charge on any atom is 0.0865 e. The van der Waals surface area contributed by atoms with Crippen molar-refractivity contribution in [3.63, 3.8) is 0 Å². The number of hydrogen-bond acceptors (Lipinski definition) is 3. The van der Waals surface area contributed by atoms with Crippen LogP contribution in [0.3, 0.4) is 0 Å². The zero-order valence-corrected chi connectivity index (χ0v) is 9.08. The van der Waals surface area contributed by atoms with E-state index in [0.717, 1.165) is 32.5 Å². The van der Waals surface area contributed by atoms with Gasteiger partial charge in [-0.1, -0.05) is 6.92 Å². The molecule has 0 spiro atoms. The Bertz CT molecular complexity index is 149. The van der Waals surface area contributed by atoms with Crippen molar-refractivity contribution in [2.75, 3.05) is 40.3 Å². The van der Waals surface area contributed by atoms with Crippen LogP contribution in [0.2, 0.25) is 0 Å². The molecule has 0 fully saturated rings. The monoisotopic (exact) mass is 183 g/mol. The summed E-state index contributed by atoms with van der Waals surface area (Å²) in [6, 6.07) is 2.20. The number of nitrogens with zero attached hydrogens (tertiary/aromatic N) is 3. The van der Waals surface area contributed by atoms with Crippen molar-refractivity contribution in [3.8, 4) is 6.07 Å². The molecule has 0 heterocycles. The Balaban J connectivity index is 3.51. The second-order valence-corrected chi connectivity index (χ2v) is 3.59. The highest BCUT2D eigenvalue weighted by Gasteiger charge is 2.01. The smallest absolute Gasteiger partial charge is 0.0865 e. The van der Waals surface area contributed by atoms with Crippen LogP contribution in [0, 0.1) is 11.3 Å². The van der Waals surface area contributed by atoms with Crippen LogP contribution in [0.5, 0.6) is 0 Å². The van der Waals surface area contributed by atoms with Gasteiger partial charge in [0.2, 0.25) is 0 Å². The first kappa shape index (κ1) is 12.4. The second kappa shape index (κ2) is 8.03. The summed E-state index contributed by atoms with van der Waals surface area (Å²) in [6.07, 6.45) is 2.28. The second-order valence-electron chi connectivity index (χ2n) is 3.59. The zero-order valence-electron chi connectivity index (χ0n) is 9.08. The molecule has 0 aliphatic carbocycles. The third-order valence-electron chi connectivity index (χ3n) is 1.91. The Kier molecular flexibility index (Phi) is 7.66. The molecule has 0 aromatic rings. The van der Waals surface area contributed by atoms with Crippen LogP contribution in [-0.2, 0) is 0 Å². The van der Waals surface area contributed by atoms with Gasteiger partial charge in [0.15, 0.2) is 0 Å². The predicted octanol–water partition coefficient (Wildman–Crippen LogP) is 1.17. The zero-order chi connectivity index (χ0) is 10.1. The molecule has 0 bridgehead atoms. The van der Waals surface area contributed by atoms with E-state index in [1.165, 1.54) is 0 Å². The molecular formula is C10H21N3. The van der Waals surface area contributed by atoms with Crippen molar-refractivity contribution in [1.29, 1.82) is 5.26 Å². The van der Waals surface area contributed by atoms with Gasteiger partial charge in [-0.15, -0.1) is 0 Å². The minimum Gasteiger partial charge on any atom is -0.309 e. The molecule has 13 heavy (non-hydrogen) atoms. The SMILES string of the molecule is CCCN(CC#N)CCCN(C)C. The van der Waals surface area contributed by atoms with E-state index in [4.69, 9.17) is 5.26 Å². The Labute approximate surface area is 81.9 Å². The fourth-order valence-electron chi connectivity index (χ4n) is 1.30. The van der Waals surface area contributed by atoms with Gasteiger partial charge in [0, 0.05) is 6.54 Å². The molecule has 0 radical (unpaired) electrons. The third kappa shape index (κ3) is 7.76. The molecule has 3 heteroatoms. The Morgan fingerprint density at radius 2 is 1.85 bits per heavy atom. The molecule has 0 atom stereocenters. The molecule has 3 nitrogen and oxygen atoms in total. The molecule has 0 saturated carbocycles. The van der Waals surface area contributed by atoms with E-state index in [9.17, 15) is 0 Å². The highest BCUT2D eigenvalue weighted by molar-refractivity contribution is 4.76. The van der Waals surface area contributed by atoms with Gasteiger partial charge in [0.05, 0.1) is 12.6 Å². The Morgan fingerprint density at radius 1 is 1.15 bits per heavy atom. The lowest BCUT2D eigenvalue weighted by Crippen LogP contribution is -2.28. The first-order valence-electron chi connectivity index (χ1n) is 4.94. The van der Waals surface area contributed by atoms with Gasteiger partial charge in [-0.25, -0.2) is 0 Å². The van der Waals surface area contributed by atoms with E-state index in [1.807, 2.05) is 0 Å². The van der Waals surface area contributed by atoms with Gasteiger partial charge in [-0.05, 0) is 40.0 Å². The van der Waals surface area contributed by atoms with Crippen molar-refractivity contribution in [1.82, 2.24) is 9.80 Å². The van der Waals surface area contributed by atoms with E-state index >= 15 is 0 Å². The summed E-state index contributed by atoms with van der Waals surface area (Å²) in [6.45, 7) is 5.91. The maximum atomic E-state index is 8.57. The summed E-state index contributed by atoms with van der Waals surface area (Å²) < 4.78 is 0. The van der Waals surface area contributed by atoms with E-state index in [0.29, 0.717) is 6.54 Å². The average molecular weight is 183 g/mol. The quantitative estimate of drug-likeness (QED) is 0.555. The van der Waals surface area contributed by atoms with Crippen molar-refractivity contribution < 1.29 is 0 Å². The number of hydrogen-bond donors (Lipinski definition) is 0. The fraction of sp³-hybridized carbons (Fsp3) is 0.900. The van der Waals surface area contributed by atoms with Crippen LogP contribution in [0.4, 0.5) is 0 Å². The minimum atomic E-state index is 0.571. The van der Waals surface area contributed by atoms with Crippen LogP contribution >= 0.6 is 0 Å². The highest BCUT2D eigenvalue weighted by atomic mass is 15.1. The normalized spacial score (nSPS) is 10.8. The number of nitriles is 1. The van der Waals surface area contributed by atoms with Gasteiger partial charge in [-0.3, -0.25) is 4.90 Å². The predicted molar refractivity (Wildman–Crippen MR) is 55.5 cm³/mol. The molecule has 0 N–H and O–H groups in total. The van der Waals surface area contributed by atoms with Crippen LogP contribution < -0.4 is 0 Å². The molecule has 0 unspecified atom stereocenters. The van der Waals surface area contributed by atoms with Gasteiger partial charge in [0.1, 0.15) is 0 Å². The summed E-state index contributed by atoms with van der Waals surface area (Å²) in [7, 11) is 4.16. The van der Waals surface area contributed by atoms with Crippen molar-refractivity contribution in [3.05, 3.63) is 0 Å².